The summed E-state index contributed by atoms with van der Waals surface area (Å²) in [6.45, 7) is -0.262. The first-order valence-electron chi connectivity index (χ1n) is 6.43. The number of aromatic nitrogens is 4. The molecule has 13 nitrogen and oxygen atoms in total. The number of azide groups is 1. The van der Waals surface area contributed by atoms with Gasteiger partial charge in [-0.2, -0.15) is 4.98 Å². The van der Waals surface area contributed by atoms with Crippen LogP contribution in [-0.4, -0.2) is 54.7 Å². The number of aromatic amines is 1. The van der Waals surface area contributed by atoms with Crippen molar-refractivity contribution < 1.29 is 19.8 Å². The molecule has 2 aromatic heterocycles. The van der Waals surface area contributed by atoms with Gasteiger partial charge in [0.25, 0.3) is 5.56 Å². The summed E-state index contributed by atoms with van der Waals surface area (Å²) in [5.74, 6) is -0.125. The lowest BCUT2D eigenvalue weighted by Crippen LogP contribution is -2.33. The van der Waals surface area contributed by atoms with Gasteiger partial charge in [0.05, 0.1) is 6.33 Å². The SMILES string of the molecule is [N-]=[N+]=NOC[C@H]1O[C@@H](n2cnc3c(=O)[nH]c(N)nc32)[C@H](O)[C@@H]1O. The summed E-state index contributed by atoms with van der Waals surface area (Å²) in [6.07, 6.45) is -3.41. The summed E-state index contributed by atoms with van der Waals surface area (Å²) >= 11 is 0. The van der Waals surface area contributed by atoms with Crippen LogP contribution in [0.2, 0.25) is 0 Å². The third-order valence-corrected chi connectivity index (χ3v) is 3.40. The molecule has 23 heavy (non-hydrogen) atoms. The molecule has 1 saturated heterocycles. The van der Waals surface area contributed by atoms with Gasteiger partial charge in [-0.3, -0.25) is 14.3 Å². The van der Waals surface area contributed by atoms with Crippen molar-refractivity contribution in [2.75, 3.05) is 12.3 Å². The molecular formula is C10H12N8O5. The van der Waals surface area contributed by atoms with Crippen LogP contribution in [0.5, 0.6) is 0 Å². The van der Waals surface area contributed by atoms with E-state index >= 15 is 0 Å². The molecule has 0 saturated carbocycles. The zero-order valence-corrected chi connectivity index (χ0v) is 11.5. The van der Waals surface area contributed by atoms with Crippen LogP contribution >= 0.6 is 0 Å². The summed E-state index contributed by atoms with van der Waals surface area (Å²) in [5.41, 5.74) is 13.2. The van der Waals surface area contributed by atoms with Crippen LogP contribution in [-0.2, 0) is 9.57 Å². The Kier molecular flexibility index (Phi) is 3.75. The molecule has 1 aliphatic rings. The second kappa shape index (κ2) is 5.73. The average molecular weight is 324 g/mol. The Morgan fingerprint density at radius 3 is 3.09 bits per heavy atom. The smallest absolute Gasteiger partial charge is 0.280 e. The lowest BCUT2D eigenvalue weighted by Gasteiger charge is -2.16. The molecule has 0 bridgehead atoms. The number of rotatable bonds is 4. The molecule has 13 heteroatoms. The van der Waals surface area contributed by atoms with E-state index in [1.54, 1.807) is 0 Å². The van der Waals surface area contributed by atoms with E-state index in [-0.39, 0.29) is 23.7 Å². The zero-order valence-electron chi connectivity index (χ0n) is 11.5. The van der Waals surface area contributed by atoms with Gasteiger partial charge in [0.2, 0.25) is 5.95 Å². The molecule has 1 fully saturated rings. The number of nitrogens with zero attached hydrogens (tertiary/aromatic N) is 6. The Labute approximate surface area is 126 Å². The maximum Gasteiger partial charge on any atom is 0.280 e. The molecule has 4 atom stereocenters. The van der Waals surface area contributed by atoms with Crippen molar-refractivity contribution in [3.8, 4) is 0 Å². The number of aliphatic hydroxyl groups is 2. The lowest BCUT2D eigenvalue weighted by atomic mass is 10.1. The number of H-pyrrole nitrogens is 1. The number of aliphatic hydroxyl groups excluding tert-OH is 2. The monoisotopic (exact) mass is 324 g/mol. The van der Waals surface area contributed by atoms with Gasteiger partial charge in [-0.05, 0) is 5.53 Å². The number of hydrogen-bond donors (Lipinski definition) is 4. The fourth-order valence-electron chi connectivity index (χ4n) is 2.36. The molecule has 0 radical (unpaired) electrons. The maximum absolute atomic E-state index is 11.7. The topological polar surface area (TPSA) is 197 Å². The predicted molar refractivity (Wildman–Crippen MR) is 73.6 cm³/mol. The van der Waals surface area contributed by atoms with E-state index in [1.807, 2.05) is 0 Å². The van der Waals surface area contributed by atoms with E-state index in [2.05, 4.69) is 30.0 Å². The summed E-state index contributed by atoms with van der Waals surface area (Å²) in [5, 5.41) is 23.0. The third-order valence-electron chi connectivity index (χ3n) is 3.40. The number of ether oxygens (including phenoxy) is 1. The number of nitrogens with one attached hydrogen (secondary N) is 1. The van der Waals surface area contributed by atoms with E-state index in [0.29, 0.717) is 0 Å². The minimum absolute atomic E-state index is 0.0123. The molecule has 0 aromatic carbocycles. The van der Waals surface area contributed by atoms with Crippen molar-refractivity contribution in [2.45, 2.75) is 24.5 Å². The van der Waals surface area contributed by atoms with Crippen LogP contribution in [0.3, 0.4) is 0 Å². The Bertz CT molecular complexity index is 826. The molecule has 3 rings (SSSR count). The van der Waals surface area contributed by atoms with E-state index in [0.717, 1.165) is 0 Å². The Hall–Kier alpha value is -2.86. The summed E-state index contributed by atoms with van der Waals surface area (Å²) in [4.78, 5) is 28.9. The van der Waals surface area contributed by atoms with Gasteiger partial charge in [-0.25, -0.2) is 4.98 Å². The Morgan fingerprint density at radius 1 is 1.57 bits per heavy atom. The molecule has 0 aliphatic carbocycles. The minimum atomic E-state index is -1.34. The number of imidazole rings is 1. The van der Waals surface area contributed by atoms with Crippen molar-refractivity contribution in [3.63, 3.8) is 0 Å². The van der Waals surface area contributed by atoms with Gasteiger partial charge in [0, 0.05) is 4.91 Å². The zero-order chi connectivity index (χ0) is 16.6. The molecule has 122 valence electrons. The van der Waals surface area contributed by atoms with Crippen molar-refractivity contribution in [1.82, 2.24) is 19.5 Å². The van der Waals surface area contributed by atoms with E-state index < -0.39 is 30.1 Å². The number of nitrogens with two attached hydrogens (primary N) is 1. The highest BCUT2D eigenvalue weighted by atomic mass is 16.7. The van der Waals surface area contributed by atoms with Gasteiger partial charge in [0.15, 0.2) is 17.4 Å². The summed E-state index contributed by atoms with van der Waals surface area (Å²) < 4.78 is 6.77. The largest absolute Gasteiger partial charge is 0.431 e. The number of anilines is 1. The van der Waals surface area contributed by atoms with Crippen molar-refractivity contribution in [1.29, 1.82) is 0 Å². The highest BCUT2D eigenvalue weighted by Crippen LogP contribution is 2.31. The van der Waals surface area contributed by atoms with Crippen LogP contribution in [0.1, 0.15) is 6.23 Å². The quantitative estimate of drug-likeness (QED) is 0.227. The minimum Gasteiger partial charge on any atom is -0.431 e. The highest BCUT2D eigenvalue weighted by Gasteiger charge is 2.44. The van der Waals surface area contributed by atoms with Gasteiger partial charge >= 0.3 is 0 Å². The molecular weight excluding hydrogens is 312 g/mol. The van der Waals surface area contributed by atoms with E-state index in [1.165, 1.54) is 10.9 Å². The van der Waals surface area contributed by atoms with E-state index in [9.17, 15) is 15.0 Å². The fraction of sp³-hybridized carbons (Fsp3) is 0.500. The highest BCUT2D eigenvalue weighted by molar-refractivity contribution is 5.70. The van der Waals surface area contributed by atoms with Crippen LogP contribution in [0, 0.1) is 0 Å². The van der Waals surface area contributed by atoms with Gasteiger partial charge in [0.1, 0.15) is 30.2 Å². The second-order valence-corrected chi connectivity index (χ2v) is 4.79. The molecule has 5 N–H and O–H groups in total. The second-order valence-electron chi connectivity index (χ2n) is 4.79. The predicted octanol–water partition coefficient (Wildman–Crippen LogP) is -1.44. The lowest BCUT2D eigenvalue weighted by molar-refractivity contribution is -0.0656. The van der Waals surface area contributed by atoms with Crippen LogP contribution in [0.15, 0.2) is 16.4 Å². The molecule has 3 heterocycles. The normalized spacial score (nSPS) is 27.0. The van der Waals surface area contributed by atoms with Gasteiger partial charge in [-0.15, -0.1) is 0 Å². The summed E-state index contributed by atoms with van der Waals surface area (Å²) in [7, 11) is 0. The number of fused-ring (bicyclic) bond motifs is 1. The van der Waals surface area contributed by atoms with Crippen molar-refractivity contribution >= 4 is 17.1 Å². The van der Waals surface area contributed by atoms with Crippen molar-refractivity contribution in [2.24, 2.45) is 5.28 Å². The molecule has 0 unspecified atom stereocenters. The van der Waals surface area contributed by atoms with Gasteiger partial charge in [-0.1, -0.05) is 0 Å². The molecule has 0 spiro atoms. The maximum atomic E-state index is 11.7. The number of hydrogen-bond acceptors (Lipinski definition) is 9. The first kappa shape index (κ1) is 15.1. The van der Waals surface area contributed by atoms with Crippen LogP contribution in [0.25, 0.3) is 21.6 Å². The molecule has 2 aromatic rings. The van der Waals surface area contributed by atoms with Crippen molar-refractivity contribution in [3.05, 3.63) is 27.1 Å². The fourth-order valence-corrected chi connectivity index (χ4v) is 2.36. The Morgan fingerprint density at radius 2 is 2.35 bits per heavy atom. The standard InChI is InChI=1S/C10H12N8O5/c11-10-14-7-4(8(21)15-10)13-2-18(7)9-6(20)5(19)3(23-9)1-22-17-16-12/h2-3,5-6,9,19-20H,1H2,(H3,11,14,15,21)/t3-,5-,6-,9-/m1/s1. The van der Waals surface area contributed by atoms with Crippen LogP contribution < -0.4 is 11.3 Å². The van der Waals surface area contributed by atoms with Gasteiger partial charge < -0.3 is 25.5 Å². The third kappa shape index (κ3) is 2.53. The first-order chi connectivity index (χ1) is 11.0. The number of nitrogen functional groups attached to an aromatic ring is 1. The molecule has 0 amide bonds. The Balaban J connectivity index is 1.93. The average Bonchev–Trinajstić information content (AvgIpc) is 3.04. The summed E-state index contributed by atoms with van der Waals surface area (Å²) in [6, 6.07) is 0. The van der Waals surface area contributed by atoms with Crippen LogP contribution in [0.4, 0.5) is 5.95 Å². The first-order valence-corrected chi connectivity index (χ1v) is 6.43. The molecule has 1 aliphatic heterocycles. The van der Waals surface area contributed by atoms with E-state index in [4.69, 9.17) is 16.0 Å².